The first-order valence-corrected chi connectivity index (χ1v) is 9.97. The minimum Gasteiger partial charge on any atom is -0.465 e. The lowest BCUT2D eigenvalue weighted by atomic mass is 10.3. The summed E-state index contributed by atoms with van der Waals surface area (Å²) in [5.41, 5.74) is 1.23. The molecular formula is C17H18N4O3S2. The number of ether oxygens (including phenoxy) is 1. The van der Waals surface area contributed by atoms with Crippen molar-refractivity contribution in [2.24, 2.45) is 12.0 Å². The third kappa shape index (κ3) is 3.73. The molecule has 9 heteroatoms. The van der Waals surface area contributed by atoms with E-state index in [1.165, 1.54) is 16.0 Å². The molecule has 0 aliphatic rings. The summed E-state index contributed by atoms with van der Waals surface area (Å²) in [5, 5.41) is 4.00. The van der Waals surface area contributed by atoms with Crippen LogP contribution in [-0.4, -0.2) is 39.1 Å². The van der Waals surface area contributed by atoms with Crippen molar-refractivity contribution < 1.29 is 14.3 Å². The number of hydrogen-bond donors (Lipinski definition) is 0. The maximum Gasteiger partial charge on any atom is 0.326 e. The fraction of sp³-hybridized carbons (Fsp3) is 0.294. The molecule has 3 aromatic rings. The number of esters is 1. The van der Waals surface area contributed by atoms with E-state index >= 15 is 0 Å². The Hall–Kier alpha value is -2.39. The molecule has 2 heterocycles. The highest BCUT2D eigenvalue weighted by atomic mass is 32.2. The van der Waals surface area contributed by atoms with Crippen molar-refractivity contribution in [3.05, 3.63) is 41.0 Å². The van der Waals surface area contributed by atoms with Crippen LogP contribution in [0, 0.1) is 0 Å². The largest absolute Gasteiger partial charge is 0.465 e. The molecule has 0 saturated carbocycles. The Balaban J connectivity index is 2.12. The van der Waals surface area contributed by atoms with Gasteiger partial charge in [0.15, 0.2) is 4.80 Å². The number of carbonyl (C=O) groups excluding carboxylic acids is 2. The average molecular weight is 390 g/mol. The van der Waals surface area contributed by atoms with E-state index in [9.17, 15) is 9.59 Å². The molecule has 0 bridgehead atoms. The van der Waals surface area contributed by atoms with Crippen LogP contribution >= 0.6 is 23.1 Å². The molecule has 0 aliphatic carbocycles. The van der Waals surface area contributed by atoms with E-state index in [-0.39, 0.29) is 12.5 Å². The van der Waals surface area contributed by atoms with Crippen LogP contribution < -0.4 is 4.80 Å². The Bertz CT molecular complexity index is 1030. The second-order valence-electron chi connectivity index (χ2n) is 5.37. The van der Waals surface area contributed by atoms with E-state index < -0.39 is 5.91 Å². The molecule has 0 fully saturated rings. The summed E-state index contributed by atoms with van der Waals surface area (Å²) in [6, 6.07) is 7.55. The summed E-state index contributed by atoms with van der Waals surface area (Å²) >= 11 is 3.00. The Kier molecular flexibility index (Phi) is 5.58. The van der Waals surface area contributed by atoms with Gasteiger partial charge < -0.3 is 9.30 Å². The zero-order valence-electron chi connectivity index (χ0n) is 14.6. The smallest absolute Gasteiger partial charge is 0.326 e. The van der Waals surface area contributed by atoms with Crippen LogP contribution in [0.4, 0.5) is 0 Å². The van der Waals surface area contributed by atoms with E-state index in [4.69, 9.17) is 4.74 Å². The molecule has 2 aromatic heterocycles. The summed E-state index contributed by atoms with van der Waals surface area (Å²) in [6.45, 7) is 2.07. The van der Waals surface area contributed by atoms with Crippen LogP contribution in [0.25, 0.3) is 10.2 Å². The van der Waals surface area contributed by atoms with E-state index in [1.807, 2.05) is 24.5 Å². The van der Waals surface area contributed by atoms with Gasteiger partial charge in [-0.2, -0.15) is 10.1 Å². The zero-order chi connectivity index (χ0) is 18.7. The first-order chi connectivity index (χ1) is 12.5. The Morgan fingerprint density at radius 3 is 2.81 bits per heavy atom. The molecule has 0 radical (unpaired) electrons. The summed E-state index contributed by atoms with van der Waals surface area (Å²) < 4.78 is 9.21. The van der Waals surface area contributed by atoms with Gasteiger partial charge in [0, 0.05) is 18.1 Å². The Labute approximate surface area is 158 Å². The number of benzene rings is 1. The standard InChI is InChI=1S/C17H18N4O3S2/c1-4-24-15(22)10-21-12-6-5-11(25-3)9-14(12)26-17(21)19-16(23)13-7-8-18-20(13)2/h5-9H,4,10H2,1-3H3. The number of rotatable bonds is 5. The number of fused-ring (bicyclic) bond motifs is 1. The molecule has 3 rings (SSSR count). The van der Waals surface area contributed by atoms with Crippen molar-refractivity contribution in [2.45, 2.75) is 18.4 Å². The van der Waals surface area contributed by atoms with Crippen LogP contribution in [0.2, 0.25) is 0 Å². The molecule has 0 saturated heterocycles. The van der Waals surface area contributed by atoms with Gasteiger partial charge in [-0.15, -0.1) is 11.8 Å². The number of aryl methyl sites for hydroxylation is 1. The summed E-state index contributed by atoms with van der Waals surface area (Å²) in [6.07, 6.45) is 3.55. The van der Waals surface area contributed by atoms with Crippen LogP contribution in [0.5, 0.6) is 0 Å². The monoisotopic (exact) mass is 390 g/mol. The topological polar surface area (TPSA) is 78.5 Å². The molecule has 7 nitrogen and oxygen atoms in total. The average Bonchev–Trinajstić information content (AvgIpc) is 3.18. The molecule has 136 valence electrons. The molecular weight excluding hydrogens is 372 g/mol. The van der Waals surface area contributed by atoms with Crippen molar-refractivity contribution in [3.63, 3.8) is 0 Å². The van der Waals surface area contributed by atoms with Gasteiger partial charge in [-0.1, -0.05) is 11.3 Å². The molecule has 0 unspecified atom stereocenters. The summed E-state index contributed by atoms with van der Waals surface area (Å²) in [7, 11) is 1.69. The fourth-order valence-corrected chi connectivity index (χ4v) is 4.06. The first-order valence-electron chi connectivity index (χ1n) is 7.93. The van der Waals surface area contributed by atoms with Gasteiger partial charge in [0.25, 0.3) is 5.91 Å². The minimum absolute atomic E-state index is 0.00392. The molecule has 0 N–H and O–H groups in total. The normalized spacial score (nSPS) is 11.9. The molecule has 26 heavy (non-hydrogen) atoms. The molecule has 0 atom stereocenters. The number of amides is 1. The second-order valence-corrected chi connectivity index (χ2v) is 7.26. The van der Waals surface area contributed by atoms with E-state index in [0.29, 0.717) is 17.1 Å². The van der Waals surface area contributed by atoms with Gasteiger partial charge in [0.1, 0.15) is 12.2 Å². The number of hydrogen-bond acceptors (Lipinski definition) is 6. The molecule has 0 aliphatic heterocycles. The van der Waals surface area contributed by atoms with Crippen molar-refractivity contribution in [1.82, 2.24) is 14.3 Å². The third-order valence-electron chi connectivity index (χ3n) is 3.72. The predicted octanol–water partition coefficient (Wildman–Crippen LogP) is 2.46. The van der Waals surface area contributed by atoms with Crippen LogP contribution in [0.15, 0.2) is 40.4 Å². The van der Waals surface area contributed by atoms with Gasteiger partial charge in [-0.25, -0.2) is 0 Å². The van der Waals surface area contributed by atoms with Crippen molar-refractivity contribution in [3.8, 4) is 0 Å². The number of carbonyl (C=O) groups is 2. The number of nitrogens with zero attached hydrogens (tertiary/aromatic N) is 4. The van der Waals surface area contributed by atoms with Crippen LogP contribution in [-0.2, 0) is 23.1 Å². The summed E-state index contributed by atoms with van der Waals surface area (Å²) in [4.78, 5) is 30.3. The zero-order valence-corrected chi connectivity index (χ0v) is 16.3. The highest BCUT2D eigenvalue weighted by molar-refractivity contribution is 7.98. The SMILES string of the molecule is CCOC(=O)Cn1c(=NC(=O)c2ccnn2C)sc2cc(SC)ccc21. The van der Waals surface area contributed by atoms with E-state index in [2.05, 4.69) is 10.1 Å². The maximum atomic E-state index is 12.5. The van der Waals surface area contributed by atoms with E-state index in [0.717, 1.165) is 15.1 Å². The lowest BCUT2D eigenvalue weighted by Gasteiger charge is -2.05. The fourth-order valence-electron chi connectivity index (χ4n) is 2.48. The molecule has 1 aromatic carbocycles. The van der Waals surface area contributed by atoms with Crippen molar-refractivity contribution in [1.29, 1.82) is 0 Å². The molecule has 1 amide bonds. The van der Waals surface area contributed by atoms with E-state index in [1.54, 1.807) is 42.6 Å². The van der Waals surface area contributed by atoms with Crippen molar-refractivity contribution >= 4 is 45.2 Å². The Morgan fingerprint density at radius 2 is 2.15 bits per heavy atom. The van der Waals surface area contributed by atoms with Crippen LogP contribution in [0.1, 0.15) is 17.4 Å². The van der Waals surface area contributed by atoms with Gasteiger partial charge in [-0.3, -0.25) is 14.3 Å². The minimum atomic E-state index is -0.403. The lowest BCUT2D eigenvalue weighted by Crippen LogP contribution is -2.23. The van der Waals surface area contributed by atoms with Gasteiger partial charge in [0.2, 0.25) is 0 Å². The summed E-state index contributed by atoms with van der Waals surface area (Å²) in [5.74, 6) is -0.769. The molecule has 0 spiro atoms. The maximum absolute atomic E-state index is 12.5. The van der Waals surface area contributed by atoms with Gasteiger partial charge >= 0.3 is 5.97 Å². The highest BCUT2D eigenvalue weighted by Crippen LogP contribution is 2.24. The van der Waals surface area contributed by atoms with Gasteiger partial charge in [-0.05, 0) is 37.4 Å². The van der Waals surface area contributed by atoms with Crippen LogP contribution in [0.3, 0.4) is 0 Å². The first kappa shape index (κ1) is 18.4. The van der Waals surface area contributed by atoms with Gasteiger partial charge in [0.05, 0.1) is 16.8 Å². The second kappa shape index (κ2) is 7.88. The number of thioether (sulfide) groups is 1. The Morgan fingerprint density at radius 1 is 1.35 bits per heavy atom. The highest BCUT2D eigenvalue weighted by Gasteiger charge is 2.14. The quantitative estimate of drug-likeness (QED) is 0.494. The number of thiazole rings is 1. The predicted molar refractivity (Wildman–Crippen MR) is 101 cm³/mol. The third-order valence-corrected chi connectivity index (χ3v) is 5.49. The van der Waals surface area contributed by atoms with Crippen molar-refractivity contribution in [2.75, 3.05) is 12.9 Å². The number of aromatic nitrogens is 3. The lowest BCUT2D eigenvalue weighted by molar-refractivity contribution is -0.143.